The number of nitrogens with one attached hydrogen (secondary N) is 1. The van der Waals surface area contributed by atoms with E-state index in [4.69, 9.17) is 14.0 Å². The number of rotatable bonds is 8. The van der Waals surface area contributed by atoms with Crippen molar-refractivity contribution in [3.05, 3.63) is 53.9 Å². The fraction of sp³-hybridized carbons (Fsp3) is 0.300. The molecule has 27 heavy (non-hydrogen) atoms. The van der Waals surface area contributed by atoms with Gasteiger partial charge in [-0.25, -0.2) is 0 Å². The van der Waals surface area contributed by atoms with Crippen molar-refractivity contribution in [2.45, 2.75) is 30.2 Å². The topological polar surface area (TPSA) is 69.4 Å². The number of methoxy groups -OCH3 is 2. The molecular weight excluding hydrogens is 362 g/mol. The van der Waals surface area contributed by atoms with Gasteiger partial charge in [0.25, 0.3) is 0 Å². The monoisotopic (exact) mass is 383 g/mol. The van der Waals surface area contributed by atoms with Gasteiger partial charge in [-0.15, -0.1) is 0 Å². The summed E-state index contributed by atoms with van der Waals surface area (Å²) in [4.78, 5) is 5.61. The Labute approximate surface area is 162 Å². The molecule has 0 aliphatic heterocycles. The predicted molar refractivity (Wildman–Crippen MR) is 104 cm³/mol. The highest BCUT2D eigenvalue weighted by Crippen LogP contribution is 2.40. The third kappa shape index (κ3) is 4.09. The van der Waals surface area contributed by atoms with Crippen molar-refractivity contribution in [3.8, 4) is 22.9 Å². The minimum atomic E-state index is 0.451. The zero-order chi connectivity index (χ0) is 18.6. The minimum Gasteiger partial charge on any atom is -0.497 e. The van der Waals surface area contributed by atoms with Gasteiger partial charge in [-0.2, -0.15) is 4.98 Å². The lowest BCUT2D eigenvalue weighted by atomic mass is 10.2. The van der Waals surface area contributed by atoms with Crippen molar-refractivity contribution >= 4 is 11.9 Å². The van der Waals surface area contributed by atoms with Gasteiger partial charge in [0.2, 0.25) is 11.7 Å². The quantitative estimate of drug-likeness (QED) is 0.577. The van der Waals surface area contributed by atoms with Crippen LogP contribution in [0.2, 0.25) is 0 Å². The lowest BCUT2D eigenvalue weighted by molar-refractivity contribution is 0.380. The summed E-state index contributed by atoms with van der Waals surface area (Å²) in [7, 11) is 3.31. The van der Waals surface area contributed by atoms with Crippen LogP contribution < -0.4 is 14.2 Å². The van der Waals surface area contributed by atoms with E-state index in [-0.39, 0.29) is 0 Å². The van der Waals surface area contributed by atoms with Gasteiger partial charge in [0.05, 0.1) is 14.2 Å². The Kier molecular flexibility index (Phi) is 5.31. The number of nitrogens with zero attached hydrogens (tertiary/aromatic N) is 2. The van der Waals surface area contributed by atoms with Crippen LogP contribution in [0.3, 0.4) is 0 Å². The molecule has 4 rings (SSSR count). The highest BCUT2D eigenvalue weighted by atomic mass is 32.2. The van der Waals surface area contributed by atoms with E-state index in [0.717, 1.165) is 46.3 Å². The fourth-order valence-electron chi connectivity index (χ4n) is 2.77. The molecule has 0 unspecified atom stereocenters. The molecule has 1 aromatic heterocycles. The summed E-state index contributed by atoms with van der Waals surface area (Å²) in [6.45, 7) is 0.645. The lowest BCUT2D eigenvalue weighted by Crippen LogP contribution is -2.05. The van der Waals surface area contributed by atoms with Crippen LogP contribution in [0.15, 0.2) is 51.9 Å². The number of aromatic nitrogens is 2. The summed E-state index contributed by atoms with van der Waals surface area (Å²) >= 11 is 1.54. The van der Waals surface area contributed by atoms with Gasteiger partial charge in [0, 0.05) is 34.6 Å². The first-order chi connectivity index (χ1) is 13.3. The van der Waals surface area contributed by atoms with Crippen LogP contribution in [0.5, 0.6) is 11.5 Å². The molecule has 1 N–H and O–H groups in total. The van der Waals surface area contributed by atoms with Crippen LogP contribution in [0.1, 0.15) is 30.2 Å². The molecule has 1 aliphatic rings. The summed E-state index contributed by atoms with van der Waals surface area (Å²) in [6.07, 6.45) is 2.28. The van der Waals surface area contributed by atoms with Crippen LogP contribution in [0.25, 0.3) is 11.4 Å². The zero-order valence-electron chi connectivity index (χ0n) is 15.3. The number of hydrogen-bond donors (Lipinski definition) is 1. The van der Waals surface area contributed by atoms with E-state index in [2.05, 4.69) is 14.9 Å². The highest BCUT2D eigenvalue weighted by molar-refractivity contribution is 7.97. The normalized spacial score (nSPS) is 13.6. The Morgan fingerprint density at radius 3 is 2.78 bits per heavy atom. The minimum absolute atomic E-state index is 0.451. The predicted octanol–water partition coefficient (Wildman–Crippen LogP) is 4.43. The number of benzene rings is 2. The molecule has 6 nitrogen and oxygen atoms in total. The second-order valence-electron chi connectivity index (χ2n) is 6.33. The second kappa shape index (κ2) is 8.02. The molecule has 0 bridgehead atoms. The van der Waals surface area contributed by atoms with Crippen LogP contribution in [-0.4, -0.2) is 24.4 Å². The average Bonchev–Trinajstić information content (AvgIpc) is 3.45. The molecule has 0 atom stereocenters. The molecule has 3 aromatic rings. The van der Waals surface area contributed by atoms with E-state index in [9.17, 15) is 0 Å². The molecule has 7 heteroatoms. The first kappa shape index (κ1) is 17.9. The van der Waals surface area contributed by atoms with Crippen LogP contribution >= 0.6 is 11.9 Å². The highest BCUT2D eigenvalue weighted by Gasteiger charge is 2.30. The Bertz CT molecular complexity index is 924. The summed E-state index contributed by atoms with van der Waals surface area (Å²) in [6, 6.07) is 13.9. The van der Waals surface area contributed by atoms with Crippen LogP contribution in [0.4, 0.5) is 0 Å². The van der Waals surface area contributed by atoms with Crippen molar-refractivity contribution in [1.82, 2.24) is 14.9 Å². The molecule has 140 valence electrons. The molecule has 0 saturated heterocycles. The summed E-state index contributed by atoms with van der Waals surface area (Å²) in [5.41, 5.74) is 2.02. The third-order valence-electron chi connectivity index (χ3n) is 4.44. The van der Waals surface area contributed by atoms with Gasteiger partial charge < -0.3 is 14.0 Å². The Hall–Kier alpha value is -2.51. The van der Waals surface area contributed by atoms with Crippen LogP contribution in [-0.2, 0) is 6.54 Å². The van der Waals surface area contributed by atoms with E-state index in [0.29, 0.717) is 18.3 Å². The molecule has 0 radical (unpaired) electrons. The van der Waals surface area contributed by atoms with E-state index in [1.807, 2.05) is 42.5 Å². The molecular formula is C20H21N3O3S. The first-order valence-electron chi connectivity index (χ1n) is 8.82. The Morgan fingerprint density at radius 1 is 1.15 bits per heavy atom. The Balaban J connectivity index is 1.46. The van der Waals surface area contributed by atoms with Gasteiger partial charge in [0.1, 0.15) is 11.5 Å². The maximum atomic E-state index is 5.45. The largest absolute Gasteiger partial charge is 0.497 e. The molecule has 1 aliphatic carbocycles. The fourth-order valence-corrected chi connectivity index (χ4v) is 3.57. The van der Waals surface area contributed by atoms with Crippen molar-refractivity contribution in [3.63, 3.8) is 0 Å². The third-order valence-corrected chi connectivity index (χ3v) is 5.30. The number of ether oxygens (including phenoxy) is 2. The molecule has 0 spiro atoms. The molecule has 1 saturated carbocycles. The van der Waals surface area contributed by atoms with Gasteiger partial charge in [-0.3, -0.25) is 4.72 Å². The van der Waals surface area contributed by atoms with Crippen molar-refractivity contribution in [1.29, 1.82) is 0 Å². The van der Waals surface area contributed by atoms with Crippen molar-refractivity contribution in [2.24, 2.45) is 0 Å². The average molecular weight is 383 g/mol. The van der Waals surface area contributed by atoms with Gasteiger partial charge in [-0.05, 0) is 43.0 Å². The smallest absolute Gasteiger partial charge is 0.230 e. The van der Waals surface area contributed by atoms with Gasteiger partial charge in [-0.1, -0.05) is 23.4 Å². The molecule has 1 heterocycles. The maximum Gasteiger partial charge on any atom is 0.230 e. The zero-order valence-corrected chi connectivity index (χ0v) is 16.1. The Morgan fingerprint density at radius 2 is 2.00 bits per heavy atom. The first-order valence-corrected chi connectivity index (χ1v) is 9.63. The van der Waals surface area contributed by atoms with E-state index in [1.165, 1.54) is 0 Å². The summed E-state index contributed by atoms with van der Waals surface area (Å²) < 4.78 is 19.5. The molecule has 0 amide bonds. The van der Waals surface area contributed by atoms with Crippen LogP contribution in [0, 0.1) is 0 Å². The molecule has 2 aromatic carbocycles. The van der Waals surface area contributed by atoms with E-state index < -0.39 is 0 Å². The van der Waals surface area contributed by atoms with E-state index in [1.54, 1.807) is 26.2 Å². The summed E-state index contributed by atoms with van der Waals surface area (Å²) in [5.74, 6) is 3.41. The number of hydrogen-bond acceptors (Lipinski definition) is 7. The second-order valence-corrected chi connectivity index (χ2v) is 7.26. The van der Waals surface area contributed by atoms with Gasteiger partial charge >= 0.3 is 0 Å². The molecule has 1 fully saturated rings. The standard InChI is InChI=1S/C20H21N3O3S/c1-24-15-10-9-14(17(11-15)25-2)12-21-27-18-6-4-3-5-16(18)19-22-20(26-23-19)13-7-8-13/h3-6,9-11,13,21H,7-8,12H2,1-2H3. The maximum absolute atomic E-state index is 5.45. The van der Waals surface area contributed by atoms with Crippen molar-refractivity contribution < 1.29 is 14.0 Å². The van der Waals surface area contributed by atoms with Gasteiger partial charge in [0.15, 0.2) is 0 Å². The van der Waals surface area contributed by atoms with E-state index >= 15 is 0 Å². The summed E-state index contributed by atoms with van der Waals surface area (Å²) in [5, 5.41) is 4.16. The lowest BCUT2D eigenvalue weighted by Gasteiger charge is -2.11. The van der Waals surface area contributed by atoms with Crippen molar-refractivity contribution in [2.75, 3.05) is 14.2 Å². The SMILES string of the molecule is COc1ccc(CNSc2ccccc2-c2noc(C3CC3)n2)c(OC)c1.